The molecule has 0 bridgehead atoms. The molecule has 1 aromatic carbocycles. The summed E-state index contributed by atoms with van der Waals surface area (Å²) in [5.41, 5.74) is 0.274. The predicted molar refractivity (Wildman–Crippen MR) is 66.8 cm³/mol. The van der Waals surface area contributed by atoms with Gasteiger partial charge in [0.2, 0.25) is 0 Å². The Morgan fingerprint density at radius 2 is 1.81 bits per heavy atom. The van der Waals surface area contributed by atoms with Crippen LogP contribution >= 0.6 is 0 Å². The van der Waals surface area contributed by atoms with Crippen molar-refractivity contribution in [3.05, 3.63) is 30.3 Å². The zero-order valence-electron chi connectivity index (χ0n) is 10.5. The van der Waals surface area contributed by atoms with Crippen molar-refractivity contribution in [1.82, 2.24) is 0 Å². The molecule has 90 valence electrons. The first-order chi connectivity index (χ1) is 7.85. The van der Waals surface area contributed by atoms with Crippen LogP contribution in [0.3, 0.4) is 0 Å². The average molecular weight is 222 g/mol. The Labute approximate surface area is 98.6 Å². The second kappa shape index (κ2) is 6.54. The van der Waals surface area contributed by atoms with Gasteiger partial charge < -0.3 is 9.47 Å². The van der Waals surface area contributed by atoms with E-state index in [1.54, 1.807) is 0 Å². The van der Waals surface area contributed by atoms with Crippen LogP contribution in [0.15, 0.2) is 30.3 Å². The van der Waals surface area contributed by atoms with Crippen molar-refractivity contribution >= 4 is 0 Å². The zero-order valence-corrected chi connectivity index (χ0v) is 10.5. The van der Waals surface area contributed by atoms with Gasteiger partial charge in [-0.05, 0) is 18.6 Å². The molecule has 0 aliphatic carbocycles. The van der Waals surface area contributed by atoms with E-state index in [2.05, 4.69) is 6.92 Å². The second-order valence-electron chi connectivity index (χ2n) is 3.95. The summed E-state index contributed by atoms with van der Waals surface area (Å²) >= 11 is 0. The number of benzene rings is 1. The monoisotopic (exact) mass is 222 g/mol. The molecule has 0 N–H and O–H groups in total. The Morgan fingerprint density at radius 1 is 1.19 bits per heavy atom. The first-order valence-corrected chi connectivity index (χ1v) is 6.10. The lowest BCUT2D eigenvalue weighted by Crippen LogP contribution is -2.46. The largest absolute Gasteiger partial charge is 0.493 e. The SMILES string of the molecule is CC.CCC1(COc2ccccc2)COC1. The minimum Gasteiger partial charge on any atom is -0.493 e. The third kappa shape index (κ3) is 3.24. The summed E-state index contributed by atoms with van der Waals surface area (Å²) < 4.78 is 11.0. The molecule has 1 aliphatic rings. The summed E-state index contributed by atoms with van der Waals surface area (Å²) in [5.74, 6) is 0.951. The minimum absolute atomic E-state index is 0.274. The first kappa shape index (κ1) is 13.0. The molecule has 0 radical (unpaired) electrons. The highest BCUT2D eigenvalue weighted by Gasteiger charge is 2.37. The Morgan fingerprint density at radius 3 is 2.25 bits per heavy atom. The minimum atomic E-state index is 0.274. The topological polar surface area (TPSA) is 18.5 Å². The molecule has 1 aliphatic heterocycles. The lowest BCUT2D eigenvalue weighted by atomic mass is 9.84. The molecule has 2 nitrogen and oxygen atoms in total. The Balaban J connectivity index is 0.000000606. The van der Waals surface area contributed by atoms with Crippen molar-refractivity contribution < 1.29 is 9.47 Å². The van der Waals surface area contributed by atoms with Gasteiger partial charge in [0.25, 0.3) is 0 Å². The van der Waals surface area contributed by atoms with Crippen molar-refractivity contribution in [2.24, 2.45) is 5.41 Å². The van der Waals surface area contributed by atoms with Crippen LogP contribution in [0.25, 0.3) is 0 Å². The lowest BCUT2D eigenvalue weighted by molar-refractivity contribution is -0.133. The van der Waals surface area contributed by atoms with Crippen molar-refractivity contribution in [3.8, 4) is 5.75 Å². The lowest BCUT2D eigenvalue weighted by Gasteiger charge is -2.40. The van der Waals surface area contributed by atoms with Crippen molar-refractivity contribution in [3.63, 3.8) is 0 Å². The summed E-state index contributed by atoms with van der Waals surface area (Å²) in [7, 11) is 0. The second-order valence-corrected chi connectivity index (χ2v) is 3.95. The number of rotatable bonds is 4. The summed E-state index contributed by atoms with van der Waals surface area (Å²) in [5, 5.41) is 0. The fraction of sp³-hybridized carbons (Fsp3) is 0.571. The van der Waals surface area contributed by atoms with Crippen LogP contribution < -0.4 is 4.74 Å². The molecule has 0 atom stereocenters. The van der Waals surface area contributed by atoms with E-state index < -0.39 is 0 Å². The number of hydrogen-bond donors (Lipinski definition) is 0. The Bertz CT molecular complexity index is 273. The molecular weight excluding hydrogens is 200 g/mol. The summed E-state index contributed by atoms with van der Waals surface area (Å²) in [6.07, 6.45) is 1.12. The van der Waals surface area contributed by atoms with Crippen LogP contribution in [-0.4, -0.2) is 19.8 Å². The van der Waals surface area contributed by atoms with E-state index >= 15 is 0 Å². The fourth-order valence-electron chi connectivity index (χ4n) is 1.53. The third-order valence-electron chi connectivity index (χ3n) is 2.85. The molecule has 0 spiro atoms. The van der Waals surface area contributed by atoms with E-state index in [-0.39, 0.29) is 5.41 Å². The molecule has 16 heavy (non-hydrogen) atoms. The molecule has 0 amide bonds. The van der Waals surface area contributed by atoms with Crippen LogP contribution in [0.5, 0.6) is 5.75 Å². The summed E-state index contributed by atoms with van der Waals surface area (Å²) in [6.45, 7) is 8.65. The van der Waals surface area contributed by atoms with Crippen molar-refractivity contribution in [1.29, 1.82) is 0 Å². The quantitative estimate of drug-likeness (QED) is 0.776. The van der Waals surface area contributed by atoms with E-state index in [4.69, 9.17) is 9.47 Å². The van der Waals surface area contributed by atoms with Gasteiger partial charge in [-0.1, -0.05) is 39.0 Å². The molecule has 1 aromatic rings. The molecule has 2 heteroatoms. The fourth-order valence-corrected chi connectivity index (χ4v) is 1.53. The number of para-hydroxylation sites is 1. The number of ether oxygens (including phenoxy) is 2. The molecule has 1 saturated heterocycles. The smallest absolute Gasteiger partial charge is 0.119 e. The maximum Gasteiger partial charge on any atom is 0.119 e. The molecule has 2 rings (SSSR count). The predicted octanol–water partition coefficient (Wildman–Crippen LogP) is 3.52. The maximum atomic E-state index is 5.72. The molecule has 1 fully saturated rings. The van der Waals surface area contributed by atoms with Gasteiger partial charge in [0.1, 0.15) is 5.75 Å². The summed E-state index contributed by atoms with van der Waals surface area (Å²) in [6, 6.07) is 9.96. The molecule has 1 heterocycles. The van der Waals surface area contributed by atoms with Gasteiger partial charge in [0, 0.05) is 0 Å². The van der Waals surface area contributed by atoms with E-state index in [1.807, 2.05) is 44.2 Å². The van der Waals surface area contributed by atoms with Crippen LogP contribution in [-0.2, 0) is 4.74 Å². The highest BCUT2D eigenvalue weighted by atomic mass is 16.5. The maximum absolute atomic E-state index is 5.72. The van der Waals surface area contributed by atoms with Gasteiger partial charge >= 0.3 is 0 Å². The van der Waals surface area contributed by atoms with Crippen LogP contribution in [0.1, 0.15) is 27.2 Å². The van der Waals surface area contributed by atoms with Gasteiger partial charge in [0.05, 0.1) is 25.2 Å². The van der Waals surface area contributed by atoms with Crippen LogP contribution in [0.2, 0.25) is 0 Å². The standard InChI is InChI=1S/C12H16O2.C2H6/c1-2-12(8-13-9-12)10-14-11-6-4-3-5-7-11;1-2/h3-7H,2,8-10H2,1H3;1-2H3. The van der Waals surface area contributed by atoms with Crippen LogP contribution in [0, 0.1) is 5.41 Å². The van der Waals surface area contributed by atoms with Gasteiger partial charge in [0.15, 0.2) is 0 Å². The highest BCUT2D eigenvalue weighted by molar-refractivity contribution is 5.21. The average Bonchev–Trinajstić information content (AvgIpc) is 2.32. The molecule has 0 unspecified atom stereocenters. The third-order valence-corrected chi connectivity index (χ3v) is 2.85. The van der Waals surface area contributed by atoms with Gasteiger partial charge in [-0.25, -0.2) is 0 Å². The van der Waals surface area contributed by atoms with E-state index in [0.29, 0.717) is 0 Å². The zero-order chi connectivity index (χ0) is 11.9. The van der Waals surface area contributed by atoms with Crippen molar-refractivity contribution in [2.75, 3.05) is 19.8 Å². The van der Waals surface area contributed by atoms with Gasteiger partial charge in [-0.3, -0.25) is 0 Å². The number of hydrogen-bond acceptors (Lipinski definition) is 2. The highest BCUT2D eigenvalue weighted by Crippen LogP contribution is 2.31. The van der Waals surface area contributed by atoms with E-state index in [9.17, 15) is 0 Å². The Hall–Kier alpha value is -1.02. The van der Waals surface area contributed by atoms with Crippen molar-refractivity contribution in [2.45, 2.75) is 27.2 Å². The molecule has 0 saturated carbocycles. The van der Waals surface area contributed by atoms with Crippen LogP contribution in [0.4, 0.5) is 0 Å². The molecular formula is C14H22O2. The van der Waals surface area contributed by atoms with E-state index in [1.165, 1.54) is 0 Å². The first-order valence-electron chi connectivity index (χ1n) is 6.10. The molecule has 0 aromatic heterocycles. The van der Waals surface area contributed by atoms with Gasteiger partial charge in [-0.2, -0.15) is 0 Å². The normalized spacial score (nSPS) is 16.7. The summed E-state index contributed by atoms with van der Waals surface area (Å²) in [4.78, 5) is 0. The van der Waals surface area contributed by atoms with Gasteiger partial charge in [-0.15, -0.1) is 0 Å². The Kier molecular flexibility index (Phi) is 5.33. The van der Waals surface area contributed by atoms with E-state index in [0.717, 1.165) is 32.0 Å².